The second-order valence-electron chi connectivity index (χ2n) is 12.3. The fourth-order valence-corrected chi connectivity index (χ4v) is 8.95. The Labute approximate surface area is 293 Å². The molecule has 4 heterocycles. The summed E-state index contributed by atoms with van der Waals surface area (Å²) in [7, 11) is 6.12. The van der Waals surface area contributed by atoms with Crippen molar-refractivity contribution in [2.75, 3.05) is 54.9 Å². The smallest absolute Gasteiger partial charge is 0.121 e. The molecule has 0 aromatic rings. The van der Waals surface area contributed by atoms with E-state index in [-0.39, 0.29) is 50.3 Å². The first kappa shape index (κ1) is 43.1. The summed E-state index contributed by atoms with van der Waals surface area (Å²) in [4.78, 5) is 24.9. The van der Waals surface area contributed by atoms with Gasteiger partial charge in [0.25, 0.3) is 0 Å². The minimum Gasteiger partial charge on any atom is -0.780 e. The lowest BCUT2D eigenvalue weighted by Crippen LogP contribution is -2.38. The van der Waals surface area contributed by atoms with E-state index in [9.17, 15) is 20.0 Å². The van der Waals surface area contributed by atoms with Crippen LogP contribution in [0.4, 0.5) is 0 Å². The van der Waals surface area contributed by atoms with Gasteiger partial charge in [-0.2, -0.15) is 0 Å². The van der Waals surface area contributed by atoms with Crippen molar-refractivity contribution in [3.8, 4) is 0 Å². The summed E-state index contributed by atoms with van der Waals surface area (Å²) in [5, 5.41) is 20.1. The van der Waals surface area contributed by atoms with Gasteiger partial charge in [-0.05, 0) is 27.7 Å². The molecular formula is C28H52O16P2S2-2. The van der Waals surface area contributed by atoms with Gasteiger partial charge in [0.05, 0.1) is 63.1 Å². The fraction of sp³-hybridized carbons (Fsp3) is 1.00. The van der Waals surface area contributed by atoms with Gasteiger partial charge in [-0.3, -0.25) is 0 Å². The molecule has 4 fully saturated rings. The van der Waals surface area contributed by atoms with Gasteiger partial charge in [0.1, 0.15) is 62.3 Å². The van der Waals surface area contributed by atoms with Gasteiger partial charge in [0.2, 0.25) is 0 Å². The predicted molar refractivity (Wildman–Crippen MR) is 174 cm³/mol. The highest BCUT2D eigenvalue weighted by atomic mass is 32.5. The largest absolute Gasteiger partial charge is 0.780 e. The molecule has 48 heavy (non-hydrogen) atoms. The van der Waals surface area contributed by atoms with Gasteiger partial charge < -0.3 is 76.0 Å². The molecule has 0 aromatic heterocycles. The van der Waals surface area contributed by atoms with Crippen LogP contribution in [0, 0.1) is 0 Å². The lowest BCUT2D eigenvalue weighted by atomic mass is 10.1. The van der Waals surface area contributed by atoms with Crippen molar-refractivity contribution in [2.45, 2.75) is 126 Å². The second kappa shape index (κ2) is 19.7. The number of rotatable bonds is 16. The molecule has 16 atom stereocenters. The van der Waals surface area contributed by atoms with Crippen molar-refractivity contribution >= 4 is 37.1 Å². The van der Waals surface area contributed by atoms with Crippen LogP contribution in [-0.4, -0.2) is 151 Å². The Morgan fingerprint density at radius 2 is 1.04 bits per heavy atom. The van der Waals surface area contributed by atoms with Crippen LogP contribution in [0.5, 0.6) is 0 Å². The lowest BCUT2D eigenvalue weighted by molar-refractivity contribution is -0.218. The zero-order chi connectivity index (χ0) is 35.8. The standard InChI is InChI=1S/C14H27O9PS.C14H27O7PS/c1-7-11(15)13(19-4)10(22-7)6-20-24(17,25)23-14-9(5-18-3)21-8(2)12(14)16;1-9-5-11(17-4)14(20-9)8-18-22(15,23)21-12-6-10(2)19-13(12)7-16-3/h7-16H,5-6H2,1-4H3,(H,17,25);9-14H,5-8H2,1-4H3,(H,15,23)/p-2/t7-,8-,9+,10+,11+,12+,13?,14?,24?;9-,10-,11?,12?,13+,14+,22?/m00/s1. The molecule has 0 aromatic carbocycles. The van der Waals surface area contributed by atoms with Gasteiger partial charge in [-0.15, -0.1) is 0 Å². The lowest BCUT2D eigenvalue weighted by Gasteiger charge is -2.34. The van der Waals surface area contributed by atoms with E-state index in [4.69, 9.17) is 79.6 Å². The molecule has 16 nitrogen and oxygen atoms in total. The van der Waals surface area contributed by atoms with Gasteiger partial charge in [0.15, 0.2) is 0 Å². The van der Waals surface area contributed by atoms with Crippen molar-refractivity contribution in [2.24, 2.45) is 0 Å². The maximum Gasteiger partial charge on any atom is 0.121 e. The van der Waals surface area contributed by atoms with Crippen LogP contribution in [0.25, 0.3) is 0 Å². The summed E-state index contributed by atoms with van der Waals surface area (Å²) in [6.07, 6.45) is -5.14. The van der Waals surface area contributed by atoms with Crippen molar-refractivity contribution < 1.29 is 76.0 Å². The molecule has 0 saturated carbocycles. The second-order valence-corrected chi connectivity index (χ2v) is 17.7. The summed E-state index contributed by atoms with van der Waals surface area (Å²) in [5.41, 5.74) is 0. The van der Waals surface area contributed by atoms with E-state index < -0.39 is 68.4 Å². The zero-order valence-electron chi connectivity index (χ0n) is 28.6. The maximum absolute atomic E-state index is 12.5. The molecule has 0 radical (unpaired) electrons. The van der Waals surface area contributed by atoms with E-state index in [1.54, 1.807) is 28.1 Å². The molecule has 0 spiro atoms. The first-order valence-electron chi connectivity index (χ1n) is 15.8. The monoisotopic (exact) mass is 770 g/mol. The van der Waals surface area contributed by atoms with Crippen LogP contribution in [0.1, 0.15) is 40.5 Å². The average Bonchev–Trinajstić information content (AvgIpc) is 3.71. The van der Waals surface area contributed by atoms with Crippen molar-refractivity contribution in [1.29, 1.82) is 0 Å². The molecule has 4 aliphatic rings. The van der Waals surface area contributed by atoms with Crippen LogP contribution in [0.3, 0.4) is 0 Å². The Morgan fingerprint density at radius 1 is 0.604 bits per heavy atom. The molecule has 0 amide bonds. The molecular weight excluding hydrogens is 718 g/mol. The molecule has 4 aliphatic heterocycles. The summed E-state index contributed by atoms with van der Waals surface area (Å²) >= 11 is 9.93. The maximum atomic E-state index is 12.5. The summed E-state index contributed by atoms with van der Waals surface area (Å²) in [6, 6.07) is 0. The van der Waals surface area contributed by atoms with Crippen molar-refractivity contribution in [3.63, 3.8) is 0 Å². The molecule has 284 valence electrons. The Hall–Kier alpha value is 0.660. The van der Waals surface area contributed by atoms with Gasteiger partial charge >= 0.3 is 0 Å². The molecule has 4 saturated heterocycles. The summed E-state index contributed by atoms with van der Waals surface area (Å²) in [5.74, 6) is 0. The highest BCUT2D eigenvalue weighted by molar-refractivity contribution is 8.06. The zero-order valence-corrected chi connectivity index (χ0v) is 32.1. The Balaban J connectivity index is 0.000000261. The topological polar surface area (TPSA) is 197 Å². The average molecular weight is 771 g/mol. The minimum atomic E-state index is -3.92. The Morgan fingerprint density at radius 3 is 1.56 bits per heavy atom. The Kier molecular flexibility index (Phi) is 17.6. The van der Waals surface area contributed by atoms with E-state index in [1.807, 2.05) is 13.8 Å². The van der Waals surface area contributed by atoms with Gasteiger partial charge in [-0.1, -0.05) is 23.6 Å². The molecule has 20 heteroatoms. The minimum absolute atomic E-state index is 0.00652. The number of aliphatic hydroxyl groups is 2. The van der Waals surface area contributed by atoms with E-state index >= 15 is 0 Å². The molecule has 2 N–H and O–H groups in total. The van der Waals surface area contributed by atoms with E-state index in [1.165, 1.54) is 14.2 Å². The van der Waals surface area contributed by atoms with Crippen LogP contribution in [0.15, 0.2) is 0 Å². The van der Waals surface area contributed by atoms with Crippen molar-refractivity contribution in [3.05, 3.63) is 0 Å². The molecule has 6 unspecified atom stereocenters. The summed E-state index contributed by atoms with van der Waals surface area (Å²) in [6.45, 7) is 0.136. The number of ether oxygens (including phenoxy) is 8. The number of hydrogen-bond acceptors (Lipinski definition) is 18. The summed E-state index contributed by atoms with van der Waals surface area (Å²) < 4.78 is 64.5. The van der Waals surface area contributed by atoms with E-state index in [0.717, 1.165) is 6.42 Å². The highest BCUT2D eigenvalue weighted by Gasteiger charge is 2.45. The third kappa shape index (κ3) is 12.4. The normalized spacial score (nSPS) is 42.3. The third-order valence-corrected chi connectivity index (χ3v) is 11.6. The third-order valence-electron chi connectivity index (χ3n) is 8.46. The van der Waals surface area contributed by atoms with E-state index in [2.05, 4.69) is 0 Å². The number of methoxy groups -OCH3 is 4. The van der Waals surface area contributed by atoms with Crippen LogP contribution >= 0.6 is 13.4 Å². The van der Waals surface area contributed by atoms with Crippen LogP contribution < -0.4 is 9.79 Å². The molecule has 4 rings (SSSR count). The van der Waals surface area contributed by atoms with E-state index in [0.29, 0.717) is 13.0 Å². The number of hydrogen-bond donors (Lipinski definition) is 2. The van der Waals surface area contributed by atoms with Gasteiger partial charge in [-0.25, -0.2) is 0 Å². The van der Waals surface area contributed by atoms with Crippen molar-refractivity contribution in [1.82, 2.24) is 0 Å². The highest BCUT2D eigenvalue weighted by Crippen LogP contribution is 2.46. The fourth-order valence-electron chi connectivity index (χ4n) is 6.06. The first-order chi connectivity index (χ1) is 22.5. The molecule has 0 aliphatic carbocycles. The number of aliphatic hydroxyl groups excluding tert-OH is 2. The predicted octanol–water partition coefficient (Wildman–Crippen LogP) is -0.0800. The molecule has 0 bridgehead atoms. The van der Waals surface area contributed by atoms with Crippen LogP contribution in [-0.2, 0) is 79.6 Å². The van der Waals surface area contributed by atoms with Crippen LogP contribution in [0.2, 0.25) is 0 Å². The Bertz CT molecular complexity index is 1060. The first-order valence-corrected chi connectivity index (χ1v) is 20.9. The van der Waals surface area contributed by atoms with Gasteiger partial charge in [0, 0.05) is 41.3 Å². The quantitative estimate of drug-likeness (QED) is 0.198. The SMILES string of the molecule is COC[C@H]1O[C@@H](C)CC1OP([O-])(=S)OC[C@H]1O[C@@H](C)CC1OC.COC[C@H]1O[C@@H](C)[C@@H](O)C1OP([O-])(=S)OC[C@H]1O[C@@H](C)[C@@H](O)C1OC.